The van der Waals surface area contributed by atoms with Gasteiger partial charge in [0, 0.05) is 31.7 Å². The lowest BCUT2D eigenvalue weighted by Gasteiger charge is -2.36. The second-order valence-electron chi connectivity index (χ2n) is 11.4. The van der Waals surface area contributed by atoms with Gasteiger partial charge in [-0.05, 0) is 79.8 Å². The first kappa shape index (κ1) is 31.6. The van der Waals surface area contributed by atoms with Crippen molar-refractivity contribution in [1.82, 2.24) is 9.47 Å². The van der Waals surface area contributed by atoms with Gasteiger partial charge in [0.2, 0.25) is 0 Å². The summed E-state index contributed by atoms with van der Waals surface area (Å²) in [5.74, 6) is 2.00. The minimum absolute atomic E-state index is 0.127. The van der Waals surface area contributed by atoms with Gasteiger partial charge >= 0.3 is 0 Å². The molecule has 1 amide bonds. The lowest BCUT2D eigenvalue weighted by molar-refractivity contribution is -0.122. The number of anilines is 1. The van der Waals surface area contributed by atoms with Crippen LogP contribution in [0.15, 0.2) is 64.3 Å². The first-order valence-electron chi connectivity index (χ1n) is 15.2. The number of hydrogen-bond acceptors (Lipinski definition) is 7. The third kappa shape index (κ3) is 6.77. The van der Waals surface area contributed by atoms with Crippen molar-refractivity contribution in [3.63, 3.8) is 0 Å². The van der Waals surface area contributed by atoms with E-state index in [1.807, 2.05) is 50.3 Å². The van der Waals surface area contributed by atoms with Crippen LogP contribution in [0.4, 0.5) is 5.82 Å². The summed E-state index contributed by atoms with van der Waals surface area (Å²) >= 11 is 6.93. The Morgan fingerprint density at radius 2 is 1.75 bits per heavy atom. The van der Waals surface area contributed by atoms with E-state index >= 15 is 0 Å². The van der Waals surface area contributed by atoms with Crippen molar-refractivity contribution in [2.45, 2.75) is 52.5 Å². The van der Waals surface area contributed by atoms with E-state index in [1.165, 1.54) is 17.3 Å². The van der Waals surface area contributed by atoms with Crippen LogP contribution in [0.2, 0.25) is 0 Å². The Balaban J connectivity index is 1.44. The molecule has 3 heterocycles. The molecule has 0 spiro atoms. The molecule has 2 aliphatic heterocycles. The Kier molecular flexibility index (Phi) is 10.2. The average Bonchev–Trinajstić information content (AvgIpc) is 3.31. The lowest BCUT2D eigenvalue weighted by Crippen LogP contribution is -2.40. The number of carbonyl (C=O) groups excluding carboxylic acids is 1. The quantitative estimate of drug-likeness (QED) is 0.192. The van der Waals surface area contributed by atoms with Crippen LogP contribution in [-0.4, -0.2) is 46.4 Å². The van der Waals surface area contributed by atoms with Crippen molar-refractivity contribution >= 4 is 46.1 Å². The number of thioether (sulfide) groups is 1. The molecule has 2 aromatic carbocycles. The smallest absolute Gasteiger partial charge is 0.270 e. The molecule has 44 heavy (non-hydrogen) atoms. The summed E-state index contributed by atoms with van der Waals surface area (Å²) in [6.45, 7) is 6.41. The van der Waals surface area contributed by atoms with Gasteiger partial charge in [-0.1, -0.05) is 73.4 Å². The van der Waals surface area contributed by atoms with E-state index in [0.717, 1.165) is 61.5 Å². The molecular weight excluding hydrogens is 589 g/mol. The SMILES string of the molecule is CCCn1c(N2CCC(Cc3ccccc3)CC2)c(/C=C2\SC(=S)N(CCc3ccc(OC)cc3)C2=O)c(C)c(C#N)c1=O. The molecule has 2 saturated heterocycles. The highest BCUT2D eigenvalue weighted by Gasteiger charge is 2.33. The van der Waals surface area contributed by atoms with Crippen LogP contribution in [-0.2, 0) is 24.2 Å². The van der Waals surface area contributed by atoms with Crippen molar-refractivity contribution in [3.8, 4) is 11.8 Å². The molecule has 2 aliphatic rings. The number of benzene rings is 2. The summed E-state index contributed by atoms with van der Waals surface area (Å²) in [5, 5.41) is 9.99. The molecule has 0 radical (unpaired) electrons. The molecule has 0 bridgehead atoms. The van der Waals surface area contributed by atoms with Crippen LogP contribution in [0.1, 0.15) is 54.0 Å². The Bertz CT molecular complexity index is 1650. The summed E-state index contributed by atoms with van der Waals surface area (Å²) in [6, 6.07) is 20.5. The number of pyridine rings is 1. The Labute approximate surface area is 269 Å². The van der Waals surface area contributed by atoms with Crippen LogP contribution in [0.5, 0.6) is 5.75 Å². The molecule has 7 nitrogen and oxygen atoms in total. The van der Waals surface area contributed by atoms with Gasteiger partial charge < -0.3 is 9.64 Å². The highest BCUT2D eigenvalue weighted by atomic mass is 32.2. The zero-order valence-corrected chi connectivity index (χ0v) is 27.2. The second kappa shape index (κ2) is 14.3. The van der Waals surface area contributed by atoms with Crippen LogP contribution >= 0.6 is 24.0 Å². The van der Waals surface area contributed by atoms with Crippen LogP contribution in [0.3, 0.4) is 0 Å². The normalized spacial score (nSPS) is 16.5. The number of thiocarbonyl (C=S) groups is 1. The molecular formula is C35H38N4O3S2. The lowest BCUT2D eigenvalue weighted by atomic mass is 9.90. The van der Waals surface area contributed by atoms with Gasteiger partial charge in [0.15, 0.2) is 0 Å². The minimum Gasteiger partial charge on any atom is -0.497 e. The highest BCUT2D eigenvalue weighted by Crippen LogP contribution is 2.37. The molecule has 0 aliphatic carbocycles. The number of carbonyl (C=O) groups is 1. The third-order valence-electron chi connectivity index (χ3n) is 8.51. The van der Waals surface area contributed by atoms with E-state index in [-0.39, 0.29) is 17.0 Å². The monoisotopic (exact) mass is 626 g/mol. The molecule has 2 fully saturated rings. The van der Waals surface area contributed by atoms with Crippen molar-refractivity contribution in [3.05, 3.63) is 97.7 Å². The van der Waals surface area contributed by atoms with E-state index in [4.69, 9.17) is 17.0 Å². The molecule has 0 atom stereocenters. The van der Waals surface area contributed by atoms with Crippen LogP contribution < -0.4 is 15.2 Å². The van der Waals surface area contributed by atoms with Gasteiger partial charge in [0.1, 0.15) is 27.5 Å². The molecule has 5 rings (SSSR count). The summed E-state index contributed by atoms with van der Waals surface area (Å²) in [7, 11) is 1.64. The van der Waals surface area contributed by atoms with Gasteiger partial charge in [-0.3, -0.25) is 19.1 Å². The topological polar surface area (TPSA) is 78.6 Å². The number of aromatic nitrogens is 1. The Hall–Kier alpha value is -3.87. The fraction of sp³-hybridized carbons (Fsp3) is 0.371. The third-order valence-corrected chi connectivity index (χ3v) is 9.88. The predicted molar refractivity (Wildman–Crippen MR) is 182 cm³/mol. The highest BCUT2D eigenvalue weighted by molar-refractivity contribution is 8.26. The maximum atomic E-state index is 13.7. The summed E-state index contributed by atoms with van der Waals surface area (Å²) in [6.07, 6.45) is 6.31. The maximum absolute atomic E-state index is 13.7. The second-order valence-corrected chi connectivity index (χ2v) is 13.0. The number of hydrogen-bond donors (Lipinski definition) is 0. The summed E-state index contributed by atoms with van der Waals surface area (Å²) in [5.41, 5.74) is 3.65. The van der Waals surface area contributed by atoms with Crippen LogP contribution in [0, 0.1) is 24.2 Å². The van der Waals surface area contributed by atoms with E-state index in [2.05, 4.69) is 35.2 Å². The number of piperidine rings is 1. The van der Waals surface area contributed by atoms with Crippen molar-refractivity contribution < 1.29 is 9.53 Å². The summed E-state index contributed by atoms with van der Waals surface area (Å²) in [4.78, 5) is 31.7. The molecule has 9 heteroatoms. The van der Waals surface area contributed by atoms with Crippen molar-refractivity contribution in [2.75, 3.05) is 31.6 Å². The van der Waals surface area contributed by atoms with Crippen molar-refractivity contribution in [2.24, 2.45) is 5.92 Å². The molecule has 0 unspecified atom stereocenters. The van der Waals surface area contributed by atoms with Gasteiger partial charge in [0.25, 0.3) is 11.5 Å². The molecule has 1 aromatic heterocycles. The predicted octanol–water partition coefficient (Wildman–Crippen LogP) is 6.35. The Morgan fingerprint density at radius 1 is 1.05 bits per heavy atom. The zero-order chi connectivity index (χ0) is 31.2. The number of nitriles is 1. The fourth-order valence-corrected chi connectivity index (χ4v) is 7.36. The fourth-order valence-electron chi connectivity index (χ4n) is 6.07. The first-order valence-corrected chi connectivity index (χ1v) is 16.4. The molecule has 228 valence electrons. The number of methoxy groups -OCH3 is 1. The van der Waals surface area contributed by atoms with Gasteiger partial charge in [-0.15, -0.1) is 0 Å². The molecule has 0 saturated carbocycles. The van der Waals surface area contributed by atoms with E-state index in [1.54, 1.807) is 16.6 Å². The van der Waals surface area contributed by atoms with Gasteiger partial charge in [-0.25, -0.2) is 0 Å². The number of nitrogens with zero attached hydrogens (tertiary/aromatic N) is 4. The average molecular weight is 627 g/mol. The standard InChI is InChI=1S/C35H38N4O3S2/c1-4-17-38-32(37-18-14-27(15-19-37)21-26-8-6-5-7-9-26)29(24(2)30(23-36)33(38)40)22-31-34(41)39(35(43)44-31)20-16-25-10-12-28(42-3)13-11-25/h5-13,22,27H,4,14-21H2,1-3H3/b31-22-. The number of ether oxygens (including phenoxy) is 1. The first-order chi connectivity index (χ1) is 21.3. The van der Waals surface area contributed by atoms with Crippen LogP contribution in [0.25, 0.3) is 6.08 Å². The summed E-state index contributed by atoms with van der Waals surface area (Å²) < 4.78 is 7.51. The molecule has 3 aromatic rings. The van der Waals surface area contributed by atoms with Gasteiger partial charge in [-0.2, -0.15) is 5.26 Å². The molecule has 0 N–H and O–H groups in total. The van der Waals surface area contributed by atoms with Crippen molar-refractivity contribution in [1.29, 1.82) is 5.26 Å². The Morgan fingerprint density at radius 3 is 2.39 bits per heavy atom. The zero-order valence-electron chi connectivity index (χ0n) is 25.5. The van der Waals surface area contributed by atoms with Gasteiger partial charge in [0.05, 0.1) is 12.0 Å². The number of rotatable bonds is 10. The maximum Gasteiger partial charge on any atom is 0.270 e. The number of amides is 1. The van der Waals surface area contributed by atoms with E-state index in [9.17, 15) is 14.9 Å². The van der Waals surface area contributed by atoms with E-state index in [0.29, 0.717) is 40.2 Å². The van der Waals surface area contributed by atoms with E-state index < -0.39 is 0 Å². The minimum atomic E-state index is -0.266. The largest absolute Gasteiger partial charge is 0.497 e.